The molecule has 10 heteroatoms. The molecular weight excluding hydrogens is 413 g/mol. The molecule has 2 aromatic rings. The van der Waals surface area contributed by atoms with Gasteiger partial charge in [0.25, 0.3) is 6.47 Å². The maximum Gasteiger partial charge on any atom is 0.293 e. The van der Waals surface area contributed by atoms with Crippen molar-refractivity contribution in [3.63, 3.8) is 0 Å². The Balaban J connectivity index is 1.64. The van der Waals surface area contributed by atoms with Crippen LogP contribution in [0.25, 0.3) is 10.4 Å². The topological polar surface area (TPSA) is 109 Å². The van der Waals surface area contributed by atoms with Crippen molar-refractivity contribution in [2.75, 3.05) is 25.0 Å². The zero-order chi connectivity index (χ0) is 21.5. The minimum atomic E-state index is -0.578. The smallest absolute Gasteiger partial charge is 0.293 e. The van der Waals surface area contributed by atoms with Gasteiger partial charge in [-0.2, -0.15) is 0 Å². The molecule has 0 bridgehead atoms. The Bertz CT molecular complexity index is 933. The van der Waals surface area contributed by atoms with Gasteiger partial charge in [-0.05, 0) is 30.3 Å². The summed E-state index contributed by atoms with van der Waals surface area (Å²) < 4.78 is 19.6. The minimum absolute atomic E-state index is 0.0993. The van der Waals surface area contributed by atoms with Gasteiger partial charge in [0.1, 0.15) is 17.6 Å². The number of carbonyl (C=O) groups is 2. The highest BCUT2D eigenvalue weighted by Gasteiger charge is 2.23. The molecule has 1 aliphatic heterocycles. The van der Waals surface area contributed by atoms with Crippen molar-refractivity contribution < 1.29 is 28.7 Å². The number of carbonyl (C=O) groups excluding carboxylic acids is 2. The van der Waals surface area contributed by atoms with Crippen LogP contribution in [-0.2, 0) is 19.2 Å². The number of halogens is 1. The molecule has 30 heavy (non-hydrogen) atoms. The van der Waals surface area contributed by atoms with Crippen molar-refractivity contribution in [1.29, 1.82) is 0 Å². The summed E-state index contributed by atoms with van der Waals surface area (Å²) in [5.74, 6) is -0.636. The van der Waals surface area contributed by atoms with Gasteiger partial charge in [-0.3, -0.25) is 9.59 Å². The third kappa shape index (κ3) is 5.55. The summed E-state index contributed by atoms with van der Waals surface area (Å²) in [5.41, 5.74) is 1.72. The van der Waals surface area contributed by atoms with Crippen LogP contribution in [0.2, 0.25) is 0 Å². The molecule has 0 aliphatic carbocycles. The number of nitrogens with one attached hydrogen (secondary N) is 2. The van der Waals surface area contributed by atoms with Crippen LogP contribution < -0.4 is 10.6 Å². The molecule has 0 saturated heterocycles. The number of rotatable bonds is 10. The number of aliphatic hydroxyl groups excluding tert-OH is 1. The normalized spacial score (nSPS) is 16.4. The molecule has 0 radical (unpaired) electrons. The van der Waals surface area contributed by atoms with E-state index in [1.54, 1.807) is 12.1 Å². The van der Waals surface area contributed by atoms with Gasteiger partial charge in [-0.15, -0.1) is 11.3 Å². The number of thiophene rings is 1. The summed E-state index contributed by atoms with van der Waals surface area (Å²) in [6.45, 7) is 1.95. The van der Waals surface area contributed by atoms with E-state index in [9.17, 15) is 14.0 Å². The summed E-state index contributed by atoms with van der Waals surface area (Å²) in [6, 6.07) is 8.44. The lowest BCUT2D eigenvalue weighted by Crippen LogP contribution is -2.36. The van der Waals surface area contributed by atoms with E-state index in [4.69, 9.17) is 14.7 Å². The molecule has 8 nitrogen and oxygen atoms in total. The second-order valence-electron chi connectivity index (χ2n) is 6.68. The van der Waals surface area contributed by atoms with Crippen LogP contribution in [0.15, 0.2) is 35.5 Å². The van der Waals surface area contributed by atoms with Crippen molar-refractivity contribution in [2.45, 2.75) is 25.6 Å². The number of hydrogen-bond donors (Lipinski definition) is 3. The third-order valence-electron chi connectivity index (χ3n) is 4.42. The van der Waals surface area contributed by atoms with E-state index in [-0.39, 0.29) is 31.7 Å². The van der Waals surface area contributed by atoms with E-state index in [1.807, 2.05) is 12.1 Å². The fourth-order valence-electron chi connectivity index (χ4n) is 2.87. The monoisotopic (exact) mass is 435 g/mol. The van der Waals surface area contributed by atoms with Gasteiger partial charge in [0.2, 0.25) is 5.91 Å². The van der Waals surface area contributed by atoms with Crippen LogP contribution in [-0.4, -0.2) is 55.1 Å². The zero-order valence-electron chi connectivity index (χ0n) is 16.3. The summed E-state index contributed by atoms with van der Waals surface area (Å²) in [7, 11) is 0. The van der Waals surface area contributed by atoms with Gasteiger partial charge >= 0.3 is 0 Å². The molecule has 0 spiro atoms. The van der Waals surface area contributed by atoms with E-state index in [1.165, 1.54) is 24.3 Å². The van der Waals surface area contributed by atoms with Crippen LogP contribution in [0, 0.1) is 5.82 Å². The fraction of sp³-hybridized carbons (Fsp3) is 0.350. The second-order valence-corrected chi connectivity index (χ2v) is 7.77. The highest BCUT2D eigenvalue weighted by Crippen LogP contribution is 2.33. The van der Waals surface area contributed by atoms with Crippen molar-refractivity contribution >= 4 is 35.1 Å². The van der Waals surface area contributed by atoms with Crippen LogP contribution in [0.1, 0.15) is 18.2 Å². The Kier molecular flexibility index (Phi) is 7.36. The lowest BCUT2D eigenvalue weighted by atomic mass is 10.1. The van der Waals surface area contributed by atoms with Crippen LogP contribution in [0.5, 0.6) is 0 Å². The molecule has 2 heterocycles. The molecule has 1 aliphatic rings. The fourth-order valence-corrected chi connectivity index (χ4v) is 3.89. The molecule has 2 unspecified atom stereocenters. The van der Waals surface area contributed by atoms with Crippen LogP contribution in [0.3, 0.4) is 0 Å². The number of hydrogen-bond acceptors (Lipinski definition) is 8. The predicted molar refractivity (Wildman–Crippen MR) is 111 cm³/mol. The van der Waals surface area contributed by atoms with Crippen LogP contribution >= 0.6 is 11.3 Å². The van der Waals surface area contributed by atoms with Gasteiger partial charge in [-0.1, -0.05) is 5.16 Å². The van der Waals surface area contributed by atoms with Gasteiger partial charge < -0.3 is 25.3 Å². The van der Waals surface area contributed by atoms with Gasteiger partial charge in [0, 0.05) is 29.5 Å². The second kappa shape index (κ2) is 10.2. The summed E-state index contributed by atoms with van der Waals surface area (Å²) in [6.07, 6.45) is -0.388. The molecule has 1 aromatic heterocycles. The van der Waals surface area contributed by atoms with E-state index in [0.717, 1.165) is 15.5 Å². The van der Waals surface area contributed by atoms with E-state index in [2.05, 4.69) is 15.8 Å². The zero-order valence-corrected chi connectivity index (χ0v) is 17.1. The van der Waals surface area contributed by atoms with Crippen molar-refractivity contribution in [1.82, 2.24) is 5.32 Å². The molecule has 3 N–H and O–H groups in total. The summed E-state index contributed by atoms with van der Waals surface area (Å²) in [4.78, 5) is 28.4. The third-order valence-corrected chi connectivity index (χ3v) is 5.59. The number of amides is 1. The first kappa shape index (κ1) is 21.7. The number of aliphatic hydroxyl groups is 1. The number of oxime groups is 1. The minimum Gasteiger partial charge on any atom is -0.461 e. The van der Waals surface area contributed by atoms with Crippen molar-refractivity contribution in [3.05, 3.63) is 41.0 Å². The Morgan fingerprint density at radius 2 is 2.20 bits per heavy atom. The predicted octanol–water partition coefficient (Wildman–Crippen LogP) is 2.13. The Hall–Kier alpha value is -2.98. The highest BCUT2D eigenvalue weighted by atomic mass is 32.1. The van der Waals surface area contributed by atoms with Gasteiger partial charge in [-0.25, -0.2) is 4.39 Å². The summed E-state index contributed by atoms with van der Waals surface area (Å²) >= 11 is 1.40. The Morgan fingerprint density at radius 3 is 2.87 bits per heavy atom. The molecule has 0 saturated carbocycles. The maximum atomic E-state index is 14.7. The SMILES string of the molecule is CC(=O)NCC(CNc1ccc(-c2ccc(C3=NOC(CO)C3)s2)c(F)c1)OC=O. The molecule has 0 fully saturated rings. The van der Waals surface area contributed by atoms with Crippen molar-refractivity contribution in [2.24, 2.45) is 5.16 Å². The average Bonchev–Trinajstić information content (AvgIpc) is 3.39. The largest absolute Gasteiger partial charge is 0.461 e. The standard InChI is InChI=1S/C20H22FN3O5S/c1-12(27)22-8-15(28-11-26)9-23-13-2-3-16(17(21)6-13)19-4-5-20(30-19)18-7-14(10-25)29-24-18/h2-6,11,14-15,23,25H,7-10H2,1H3,(H,22,27). The summed E-state index contributed by atoms with van der Waals surface area (Å²) in [5, 5.41) is 18.7. The van der Waals surface area contributed by atoms with E-state index >= 15 is 0 Å². The maximum absolute atomic E-state index is 14.7. The lowest BCUT2D eigenvalue weighted by molar-refractivity contribution is -0.133. The first-order valence-electron chi connectivity index (χ1n) is 9.31. The highest BCUT2D eigenvalue weighted by molar-refractivity contribution is 7.17. The van der Waals surface area contributed by atoms with Crippen molar-refractivity contribution in [3.8, 4) is 10.4 Å². The average molecular weight is 435 g/mol. The molecule has 160 valence electrons. The Morgan fingerprint density at radius 1 is 1.40 bits per heavy atom. The molecule has 1 aromatic carbocycles. The quantitative estimate of drug-likeness (QED) is 0.494. The number of anilines is 1. The number of benzene rings is 1. The number of ether oxygens (including phenoxy) is 1. The molecule has 2 atom stereocenters. The van der Waals surface area contributed by atoms with Crippen LogP contribution in [0.4, 0.5) is 10.1 Å². The Labute approximate surface area is 176 Å². The molecular formula is C20H22FN3O5S. The lowest BCUT2D eigenvalue weighted by Gasteiger charge is -2.17. The van der Waals surface area contributed by atoms with Gasteiger partial charge in [0.05, 0.1) is 24.6 Å². The molecule has 3 rings (SSSR count). The van der Waals surface area contributed by atoms with Gasteiger partial charge in [0.15, 0.2) is 6.10 Å². The van der Waals surface area contributed by atoms with E-state index < -0.39 is 11.9 Å². The molecule has 1 amide bonds. The number of nitrogens with zero attached hydrogens (tertiary/aromatic N) is 1. The first-order valence-corrected chi connectivity index (χ1v) is 10.1. The first-order chi connectivity index (χ1) is 14.5. The van der Waals surface area contributed by atoms with E-state index in [0.29, 0.717) is 24.1 Å².